The smallest absolute Gasteiger partial charge is 0.129 e. The van der Waals surface area contributed by atoms with Crippen molar-refractivity contribution >= 4 is 55.3 Å². The summed E-state index contributed by atoms with van der Waals surface area (Å²) in [4.78, 5) is 4.59. The van der Waals surface area contributed by atoms with Gasteiger partial charge in [-0.05, 0) is 57.9 Å². The largest absolute Gasteiger partial charge is 0.507 e. The van der Waals surface area contributed by atoms with E-state index in [4.69, 9.17) is 0 Å². The quantitative estimate of drug-likeness (QED) is 0.692. The van der Waals surface area contributed by atoms with E-state index in [-0.39, 0.29) is 5.75 Å². The van der Waals surface area contributed by atoms with Crippen molar-refractivity contribution in [3.05, 3.63) is 51.4 Å². The van der Waals surface area contributed by atoms with Crippen molar-refractivity contribution in [3.63, 3.8) is 0 Å². The highest BCUT2D eigenvalue weighted by molar-refractivity contribution is 9.10. The Labute approximate surface area is 135 Å². The number of anilines is 1. The van der Waals surface area contributed by atoms with E-state index in [0.717, 1.165) is 26.5 Å². The molecule has 1 aromatic heterocycles. The number of hydrogen-bond acceptors (Lipinski definition) is 4. The van der Waals surface area contributed by atoms with Crippen molar-refractivity contribution in [3.8, 4) is 5.75 Å². The van der Waals surface area contributed by atoms with Crippen molar-refractivity contribution in [2.75, 3.05) is 12.4 Å². The Morgan fingerprint density at radius 2 is 2.05 bits per heavy atom. The number of nitrogens with one attached hydrogen (secondary N) is 1. The first-order valence-electron chi connectivity index (χ1n) is 6.40. The second-order valence-corrected chi connectivity index (χ2v) is 6.45. The Morgan fingerprint density at radius 3 is 2.81 bits per heavy atom. The van der Waals surface area contributed by atoms with Gasteiger partial charge >= 0.3 is 0 Å². The highest BCUT2D eigenvalue weighted by atomic mass is 79.9. The monoisotopic (exact) mass is 360 g/mol. The zero-order valence-electron chi connectivity index (χ0n) is 11.3. The number of fused-ring (bicyclic) bond motifs is 1. The third-order valence-corrected chi connectivity index (χ3v) is 4.70. The summed E-state index contributed by atoms with van der Waals surface area (Å²) in [6, 6.07) is 11.5. The van der Waals surface area contributed by atoms with Crippen LogP contribution in [0, 0.1) is 0 Å². The number of benzene rings is 2. The fourth-order valence-corrected chi connectivity index (χ4v) is 3.27. The molecule has 0 spiro atoms. The van der Waals surface area contributed by atoms with Crippen LogP contribution in [-0.2, 0) is 0 Å². The SMILES string of the molecule is CNc1ccc2nc(C=Cc3ccc(O)c(Br)c3)sc2c1. The van der Waals surface area contributed by atoms with Crippen molar-refractivity contribution in [2.45, 2.75) is 0 Å². The minimum absolute atomic E-state index is 0.242. The van der Waals surface area contributed by atoms with Crippen LogP contribution in [0.1, 0.15) is 10.6 Å². The third-order valence-electron chi connectivity index (χ3n) is 3.08. The highest BCUT2D eigenvalue weighted by Crippen LogP contribution is 2.28. The standard InChI is InChI=1S/C16H13BrN2OS/c1-18-11-4-5-13-15(9-11)21-16(19-13)7-3-10-2-6-14(20)12(17)8-10/h2-9,18,20H,1H3. The lowest BCUT2D eigenvalue weighted by Gasteiger charge is -1.97. The highest BCUT2D eigenvalue weighted by Gasteiger charge is 2.02. The van der Waals surface area contributed by atoms with Crippen molar-refractivity contribution in [1.82, 2.24) is 4.98 Å². The number of phenols is 1. The molecule has 106 valence electrons. The summed E-state index contributed by atoms with van der Waals surface area (Å²) in [7, 11) is 1.91. The molecule has 3 aromatic rings. The summed E-state index contributed by atoms with van der Waals surface area (Å²) in [5, 5.41) is 13.6. The van der Waals surface area contributed by atoms with E-state index in [0.29, 0.717) is 4.47 Å². The molecular weight excluding hydrogens is 348 g/mol. The molecule has 0 fully saturated rings. The van der Waals surface area contributed by atoms with Gasteiger partial charge in [-0.15, -0.1) is 11.3 Å². The number of hydrogen-bond donors (Lipinski definition) is 2. The summed E-state index contributed by atoms with van der Waals surface area (Å²) in [5.41, 5.74) is 3.10. The molecule has 0 unspecified atom stereocenters. The predicted molar refractivity (Wildman–Crippen MR) is 93.9 cm³/mol. The van der Waals surface area contributed by atoms with Gasteiger partial charge in [0, 0.05) is 12.7 Å². The molecule has 0 aliphatic carbocycles. The molecule has 0 bridgehead atoms. The number of halogens is 1. The first kappa shape index (κ1) is 14.1. The van der Waals surface area contributed by atoms with Crippen LogP contribution in [0.3, 0.4) is 0 Å². The molecule has 0 saturated heterocycles. The lowest BCUT2D eigenvalue weighted by molar-refractivity contribution is 0.472. The Kier molecular flexibility index (Phi) is 3.94. The molecule has 0 atom stereocenters. The number of rotatable bonds is 3. The lowest BCUT2D eigenvalue weighted by atomic mass is 10.2. The van der Waals surface area contributed by atoms with Gasteiger partial charge in [0.2, 0.25) is 0 Å². The Hall–Kier alpha value is -1.85. The van der Waals surface area contributed by atoms with Crippen molar-refractivity contribution in [1.29, 1.82) is 0 Å². The maximum absolute atomic E-state index is 9.49. The van der Waals surface area contributed by atoms with Gasteiger partial charge in [0.05, 0.1) is 14.7 Å². The molecule has 0 radical (unpaired) electrons. The van der Waals surface area contributed by atoms with Gasteiger partial charge in [-0.2, -0.15) is 0 Å². The van der Waals surface area contributed by atoms with Crippen LogP contribution in [0.2, 0.25) is 0 Å². The van der Waals surface area contributed by atoms with Crippen molar-refractivity contribution in [2.24, 2.45) is 0 Å². The van der Waals surface area contributed by atoms with Gasteiger partial charge in [-0.3, -0.25) is 0 Å². The maximum atomic E-state index is 9.49. The Bertz CT molecular complexity index is 826. The third kappa shape index (κ3) is 3.09. The average molecular weight is 361 g/mol. The zero-order valence-corrected chi connectivity index (χ0v) is 13.7. The van der Waals surface area contributed by atoms with Gasteiger partial charge in [0.15, 0.2) is 0 Å². The average Bonchev–Trinajstić information content (AvgIpc) is 2.90. The van der Waals surface area contributed by atoms with Crippen LogP contribution in [0.5, 0.6) is 5.75 Å². The second-order valence-electron chi connectivity index (χ2n) is 4.53. The van der Waals surface area contributed by atoms with Crippen LogP contribution in [0.25, 0.3) is 22.4 Å². The molecule has 0 saturated carbocycles. The molecule has 0 aliphatic rings. The van der Waals surface area contributed by atoms with E-state index < -0.39 is 0 Å². The number of phenolic OH excluding ortho intramolecular Hbond substituents is 1. The van der Waals surface area contributed by atoms with Crippen LogP contribution in [0.4, 0.5) is 5.69 Å². The summed E-state index contributed by atoms with van der Waals surface area (Å²) in [6.45, 7) is 0. The van der Waals surface area contributed by atoms with Gasteiger partial charge in [0.1, 0.15) is 10.8 Å². The molecular formula is C16H13BrN2OS. The molecule has 21 heavy (non-hydrogen) atoms. The van der Waals surface area contributed by atoms with Gasteiger partial charge in [-0.25, -0.2) is 4.98 Å². The van der Waals surface area contributed by atoms with E-state index in [9.17, 15) is 5.11 Å². The number of aromatic hydroxyl groups is 1. The predicted octanol–water partition coefficient (Wildman–Crippen LogP) is 4.98. The van der Waals surface area contributed by atoms with Crippen LogP contribution in [0.15, 0.2) is 40.9 Å². The first-order valence-corrected chi connectivity index (χ1v) is 8.01. The van der Waals surface area contributed by atoms with Crippen LogP contribution >= 0.6 is 27.3 Å². The first-order chi connectivity index (χ1) is 10.2. The molecule has 3 rings (SSSR count). The number of nitrogens with zero attached hydrogens (tertiary/aromatic N) is 1. The van der Waals surface area contributed by atoms with E-state index in [2.05, 4.69) is 32.3 Å². The molecule has 2 aromatic carbocycles. The molecule has 5 heteroatoms. The summed E-state index contributed by atoms with van der Waals surface area (Å²) in [6.07, 6.45) is 3.98. The minimum Gasteiger partial charge on any atom is -0.507 e. The topological polar surface area (TPSA) is 45.2 Å². The fourth-order valence-electron chi connectivity index (χ4n) is 1.96. The number of thiazole rings is 1. The maximum Gasteiger partial charge on any atom is 0.129 e. The zero-order chi connectivity index (χ0) is 14.8. The van der Waals surface area contributed by atoms with E-state index in [1.807, 2.05) is 43.5 Å². The molecule has 0 amide bonds. The summed E-state index contributed by atoms with van der Waals surface area (Å²) in [5.74, 6) is 0.242. The van der Waals surface area contributed by atoms with Crippen LogP contribution < -0.4 is 5.32 Å². The number of aromatic nitrogens is 1. The van der Waals surface area contributed by atoms with E-state index in [1.165, 1.54) is 0 Å². The lowest BCUT2D eigenvalue weighted by Crippen LogP contribution is -1.85. The Morgan fingerprint density at radius 1 is 1.19 bits per heavy atom. The van der Waals surface area contributed by atoms with Gasteiger partial charge in [0.25, 0.3) is 0 Å². The fraction of sp³-hybridized carbons (Fsp3) is 0.0625. The summed E-state index contributed by atoms with van der Waals surface area (Å²) >= 11 is 4.97. The normalized spacial score (nSPS) is 11.3. The summed E-state index contributed by atoms with van der Waals surface area (Å²) < 4.78 is 1.85. The molecule has 0 aliphatic heterocycles. The van der Waals surface area contributed by atoms with Crippen molar-refractivity contribution < 1.29 is 5.11 Å². The van der Waals surface area contributed by atoms with E-state index >= 15 is 0 Å². The van der Waals surface area contributed by atoms with Gasteiger partial charge < -0.3 is 10.4 Å². The second kappa shape index (κ2) is 5.87. The van der Waals surface area contributed by atoms with E-state index in [1.54, 1.807) is 17.4 Å². The minimum atomic E-state index is 0.242. The molecule has 2 N–H and O–H groups in total. The van der Waals surface area contributed by atoms with Crippen LogP contribution in [-0.4, -0.2) is 17.1 Å². The molecule has 1 heterocycles. The Balaban J connectivity index is 1.90. The van der Waals surface area contributed by atoms with Gasteiger partial charge in [-0.1, -0.05) is 12.1 Å². The molecule has 3 nitrogen and oxygen atoms in total.